The van der Waals surface area contributed by atoms with Gasteiger partial charge in [0.1, 0.15) is 10.6 Å². The Morgan fingerprint density at radius 1 is 1.28 bits per heavy atom. The number of terminal acetylenes is 1. The van der Waals surface area contributed by atoms with Gasteiger partial charge in [0, 0.05) is 5.56 Å². The first-order valence-corrected chi connectivity index (χ1v) is 8.92. The third-order valence-corrected chi connectivity index (χ3v) is 5.03. The average Bonchev–Trinajstić information content (AvgIpc) is 2.60. The highest BCUT2D eigenvalue weighted by atomic mass is 35.5. The van der Waals surface area contributed by atoms with Gasteiger partial charge < -0.3 is 10.1 Å². The van der Waals surface area contributed by atoms with Crippen molar-refractivity contribution >= 4 is 33.2 Å². The zero-order valence-electron chi connectivity index (χ0n) is 13.2. The van der Waals surface area contributed by atoms with Gasteiger partial charge in [-0.15, -0.1) is 6.42 Å². The second kappa shape index (κ2) is 7.92. The van der Waals surface area contributed by atoms with Crippen LogP contribution < -0.4 is 14.8 Å². The molecular weight excluding hydrogens is 364 g/mol. The Morgan fingerprint density at radius 2 is 2.00 bits per heavy atom. The molecule has 1 amide bonds. The first kappa shape index (κ1) is 18.6. The third-order valence-electron chi connectivity index (χ3n) is 3.19. The zero-order chi connectivity index (χ0) is 18.4. The van der Waals surface area contributed by atoms with Crippen molar-refractivity contribution in [1.29, 1.82) is 0 Å². The minimum absolute atomic E-state index is 0.0177. The van der Waals surface area contributed by atoms with Crippen molar-refractivity contribution in [3.05, 3.63) is 53.1 Å². The number of carbonyl (C=O) groups excluding carboxylic acids is 1. The van der Waals surface area contributed by atoms with Gasteiger partial charge in [-0.25, -0.2) is 8.42 Å². The number of rotatable bonds is 6. The summed E-state index contributed by atoms with van der Waals surface area (Å²) >= 11 is 6.02. The number of halogens is 1. The minimum atomic E-state index is -4.04. The molecular formula is C17H15ClN2O4S. The normalized spacial score (nSPS) is 10.6. The van der Waals surface area contributed by atoms with Gasteiger partial charge in [0.2, 0.25) is 0 Å². The molecule has 8 heteroatoms. The maximum atomic E-state index is 12.7. The topological polar surface area (TPSA) is 84.5 Å². The molecule has 0 atom stereocenters. The quantitative estimate of drug-likeness (QED) is 0.756. The van der Waals surface area contributed by atoms with Crippen molar-refractivity contribution in [2.45, 2.75) is 4.90 Å². The van der Waals surface area contributed by atoms with Crippen molar-refractivity contribution in [3.8, 4) is 18.1 Å². The summed E-state index contributed by atoms with van der Waals surface area (Å²) in [7, 11) is -2.61. The third kappa shape index (κ3) is 4.44. The van der Waals surface area contributed by atoms with Gasteiger partial charge in [-0.2, -0.15) is 0 Å². The summed E-state index contributed by atoms with van der Waals surface area (Å²) in [6.07, 6.45) is 5.09. The number of benzene rings is 2. The molecule has 2 rings (SSSR count). The van der Waals surface area contributed by atoms with Gasteiger partial charge in [-0.3, -0.25) is 9.52 Å². The second-order valence-corrected chi connectivity index (χ2v) is 6.90. The van der Waals surface area contributed by atoms with E-state index in [1.807, 2.05) is 0 Å². The first-order chi connectivity index (χ1) is 11.9. The Labute approximate surface area is 151 Å². The van der Waals surface area contributed by atoms with Crippen LogP contribution in [0, 0.1) is 12.3 Å². The van der Waals surface area contributed by atoms with E-state index in [1.165, 1.54) is 25.3 Å². The van der Waals surface area contributed by atoms with E-state index >= 15 is 0 Å². The molecule has 0 radical (unpaired) electrons. The molecule has 0 aliphatic carbocycles. The van der Waals surface area contributed by atoms with E-state index in [-0.39, 0.29) is 27.7 Å². The number of ether oxygens (including phenoxy) is 1. The van der Waals surface area contributed by atoms with Gasteiger partial charge in [-0.05, 0) is 30.3 Å². The van der Waals surface area contributed by atoms with Crippen molar-refractivity contribution in [1.82, 2.24) is 5.32 Å². The van der Waals surface area contributed by atoms with Crippen LogP contribution in [0.25, 0.3) is 0 Å². The standard InChI is InChI=1S/C17H15ClN2O4S/c1-3-10-19-17(21)12-8-9-13(18)16(11-12)25(22,23)20-14-6-4-5-7-15(14)24-2/h1,4-9,11,20H,10H2,2H3,(H,19,21). The summed E-state index contributed by atoms with van der Waals surface area (Å²) in [6.45, 7) is 0.0308. The Bertz CT molecular complexity index is 936. The Balaban J connectivity index is 2.39. The van der Waals surface area contributed by atoms with Crippen molar-refractivity contribution in [2.75, 3.05) is 18.4 Å². The molecule has 130 valence electrons. The van der Waals surface area contributed by atoms with Crippen LogP contribution in [0.2, 0.25) is 5.02 Å². The van der Waals surface area contributed by atoms with Crippen LogP contribution in [0.15, 0.2) is 47.4 Å². The van der Waals surface area contributed by atoms with E-state index < -0.39 is 15.9 Å². The fourth-order valence-corrected chi connectivity index (χ4v) is 3.61. The number of anilines is 1. The fraction of sp³-hybridized carbons (Fsp3) is 0.118. The lowest BCUT2D eigenvalue weighted by atomic mass is 10.2. The van der Waals surface area contributed by atoms with Gasteiger partial charge in [0.25, 0.3) is 15.9 Å². The lowest BCUT2D eigenvalue weighted by molar-refractivity contribution is 0.0958. The van der Waals surface area contributed by atoms with Gasteiger partial charge in [0.15, 0.2) is 0 Å². The molecule has 2 N–H and O–H groups in total. The molecule has 2 aromatic rings. The van der Waals surface area contributed by atoms with Crippen molar-refractivity contribution in [3.63, 3.8) is 0 Å². The molecule has 0 bridgehead atoms. The number of nitrogens with one attached hydrogen (secondary N) is 2. The summed E-state index contributed by atoms with van der Waals surface area (Å²) in [4.78, 5) is 11.7. The molecule has 0 aliphatic rings. The predicted molar refractivity (Wildman–Crippen MR) is 96.4 cm³/mol. The molecule has 0 saturated carbocycles. The van der Waals surface area contributed by atoms with E-state index in [0.717, 1.165) is 0 Å². The molecule has 6 nitrogen and oxygen atoms in total. The number of carbonyl (C=O) groups is 1. The zero-order valence-corrected chi connectivity index (χ0v) is 14.8. The predicted octanol–water partition coefficient (Wildman–Crippen LogP) is 2.51. The highest BCUT2D eigenvalue weighted by molar-refractivity contribution is 7.92. The van der Waals surface area contributed by atoms with Crippen LogP contribution in [0.3, 0.4) is 0 Å². The van der Waals surface area contributed by atoms with Gasteiger partial charge in [0.05, 0.1) is 24.4 Å². The SMILES string of the molecule is C#CCNC(=O)c1ccc(Cl)c(S(=O)(=O)Nc2ccccc2OC)c1. The van der Waals surface area contributed by atoms with Gasteiger partial charge in [-0.1, -0.05) is 29.7 Å². The van der Waals surface area contributed by atoms with E-state index in [2.05, 4.69) is 16.0 Å². The van der Waals surface area contributed by atoms with Crippen LogP contribution in [0.4, 0.5) is 5.69 Å². The lowest BCUT2D eigenvalue weighted by Gasteiger charge is -2.13. The fourth-order valence-electron chi connectivity index (χ4n) is 2.01. The maximum absolute atomic E-state index is 12.7. The smallest absolute Gasteiger partial charge is 0.263 e. The molecule has 25 heavy (non-hydrogen) atoms. The number of hydrogen-bond donors (Lipinski definition) is 2. The summed E-state index contributed by atoms with van der Waals surface area (Å²) in [5, 5.41) is 2.44. The van der Waals surface area contributed by atoms with Crippen LogP contribution in [-0.2, 0) is 10.0 Å². The molecule has 2 aromatic carbocycles. The van der Waals surface area contributed by atoms with Crippen LogP contribution in [0.5, 0.6) is 5.75 Å². The molecule has 0 spiro atoms. The van der Waals surface area contributed by atoms with E-state index in [0.29, 0.717) is 5.75 Å². The highest BCUT2D eigenvalue weighted by Gasteiger charge is 2.21. The number of para-hydroxylation sites is 2. The number of methoxy groups -OCH3 is 1. The van der Waals surface area contributed by atoms with E-state index in [9.17, 15) is 13.2 Å². The molecule has 0 heterocycles. The lowest BCUT2D eigenvalue weighted by Crippen LogP contribution is -2.24. The molecule has 0 saturated heterocycles. The monoisotopic (exact) mass is 378 g/mol. The minimum Gasteiger partial charge on any atom is -0.495 e. The number of sulfonamides is 1. The highest BCUT2D eigenvalue weighted by Crippen LogP contribution is 2.29. The van der Waals surface area contributed by atoms with Crippen LogP contribution >= 0.6 is 11.6 Å². The maximum Gasteiger partial charge on any atom is 0.263 e. The number of amides is 1. The summed E-state index contributed by atoms with van der Waals surface area (Å²) < 4.78 is 32.9. The summed E-state index contributed by atoms with van der Waals surface area (Å²) in [5.41, 5.74) is 0.378. The second-order valence-electron chi connectivity index (χ2n) is 4.84. The Morgan fingerprint density at radius 3 is 2.68 bits per heavy atom. The molecule has 0 unspecified atom stereocenters. The van der Waals surface area contributed by atoms with Crippen LogP contribution in [-0.4, -0.2) is 28.0 Å². The molecule has 0 aliphatic heterocycles. The Hall–Kier alpha value is -2.69. The van der Waals surface area contributed by atoms with E-state index in [4.69, 9.17) is 22.8 Å². The largest absolute Gasteiger partial charge is 0.495 e. The Kier molecular flexibility index (Phi) is 5.91. The number of hydrogen-bond acceptors (Lipinski definition) is 4. The van der Waals surface area contributed by atoms with Crippen LogP contribution in [0.1, 0.15) is 10.4 Å². The van der Waals surface area contributed by atoms with E-state index in [1.54, 1.807) is 24.3 Å². The van der Waals surface area contributed by atoms with Crippen molar-refractivity contribution in [2.24, 2.45) is 0 Å². The first-order valence-electron chi connectivity index (χ1n) is 7.06. The van der Waals surface area contributed by atoms with Crippen molar-refractivity contribution < 1.29 is 17.9 Å². The summed E-state index contributed by atoms with van der Waals surface area (Å²) in [5.74, 6) is 2.12. The molecule has 0 fully saturated rings. The summed E-state index contributed by atoms with van der Waals surface area (Å²) in [6, 6.07) is 10.5. The van der Waals surface area contributed by atoms with Gasteiger partial charge >= 0.3 is 0 Å². The molecule has 0 aromatic heterocycles. The average molecular weight is 379 g/mol.